The Morgan fingerprint density at radius 3 is 2.68 bits per heavy atom. The van der Waals surface area contributed by atoms with E-state index in [4.69, 9.17) is 9.73 Å². The van der Waals surface area contributed by atoms with E-state index in [1.54, 1.807) is 0 Å². The number of guanidine groups is 1. The second-order valence-electron chi connectivity index (χ2n) is 8.55. The average molecular weight is 431 g/mol. The molecule has 2 N–H and O–H groups in total. The summed E-state index contributed by atoms with van der Waals surface area (Å²) in [6.07, 6.45) is 9.90. The van der Waals surface area contributed by atoms with Gasteiger partial charge in [0.2, 0.25) is 0 Å². The standard InChI is InChI=1S/C24H42N6O/c1-3-25-24(27-12-8-18-31-22-9-6-5-7-10-22)28-20-21-11-13-26-23(19-21)30-16-14-29(4-2)15-17-30/h11,13,19,22H,3-10,12,14-18,20H2,1-2H3,(H2,25,27,28). The maximum absolute atomic E-state index is 6.02. The molecule has 0 amide bonds. The number of piperazine rings is 1. The van der Waals surface area contributed by atoms with Gasteiger partial charge in [0.25, 0.3) is 0 Å². The number of ether oxygens (including phenoxy) is 1. The minimum atomic E-state index is 0.487. The van der Waals surface area contributed by atoms with Crippen LogP contribution in [0.5, 0.6) is 0 Å². The number of rotatable bonds is 10. The van der Waals surface area contributed by atoms with Crippen molar-refractivity contribution in [3.8, 4) is 0 Å². The van der Waals surface area contributed by atoms with Crippen molar-refractivity contribution < 1.29 is 4.74 Å². The Bertz CT molecular complexity index is 653. The number of aliphatic imine (C=N–C) groups is 1. The van der Waals surface area contributed by atoms with Crippen LogP contribution in [0.15, 0.2) is 23.3 Å². The molecule has 1 saturated carbocycles. The summed E-state index contributed by atoms with van der Waals surface area (Å²) < 4.78 is 6.02. The summed E-state index contributed by atoms with van der Waals surface area (Å²) >= 11 is 0. The van der Waals surface area contributed by atoms with Crippen LogP contribution in [-0.2, 0) is 11.3 Å². The number of hydrogen-bond donors (Lipinski definition) is 2. The highest BCUT2D eigenvalue weighted by molar-refractivity contribution is 5.79. The predicted molar refractivity (Wildman–Crippen MR) is 129 cm³/mol. The largest absolute Gasteiger partial charge is 0.378 e. The Balaban J connectivity index is 1.42. The number of likely N-dealkylation sites (N-methyl/N-ethyl adjacent to an activating group) is 1. The summed E-state index contributed by atoms with van der Waals surface area (Å²) in [5.74, 6) is 1.94. The van der Waals surface area contributed by atoms with Crippen molar-refractivity contribution in [2.45, 2.75) is 65.0 Å². The minimum absolute atomic E-state index is 0.487. The van der Waals surface area contributed by atoms with Crippen molar-refractivity contribution in [2.24, 2.45) is 4.99 Å². The van der Waals surface area contributed by atoms with Crippen molar-refractivity contribution in [3.63, 3.8) is 0 Å². The maximum atomic E-state index is 6.02. The molecule has 0 radical (unpaired) electrons. The fraction of sp³-hybridized carbons (Fsp3) is 0.750. The summed E-state index contributed by atoms with van der Waals surface area (Å²) in [4.78, 5) is 14.3. The number of nitrogens with one attached hydrogen (secondary N) is 2. The van der Waals surface area contributed by atoms with Crippen molar-refractivity contribution in [2.75, 3.05) is 57.3 Å². The van der Waals surface area contributed by atoms with Crippen LogP contribution >= 0.6 is 0 Å². The smallest absolute Gasteiger partial charge is 0.191 e. The van der Waals surface area contributed by atoms with E-state index < -0.39 is 0 Å². The van der Waals surface area contributed by atoms with E-state index in [2.05, 4.69) is 51.4 Å². The highest BCUT2D eigenvalue weighted by Crippen LogP contribution is 2.20. The molecule has 2 fully saturated rings. The SMILES string of the molecule is CCNC(=NCc1ccnc(N2CCN(CC)CC2)c1)NCCCOC1CCCCC1. The number of nitrogens with zero attached hydrogens (tertiary/aromatic N) is 4. The number of aromatic nitrogens is 1. The minimum Gasteiger partial charge on any atom is -0.378 e. The molecule has 1 saturated heterocycles. The van der Waals surface area contributed by atoms with Gasteiger partial charge in [-0.2, -0.15) is 0 Å². The molecule has 174 valence electrons. The zero-order chi connectivity index (χ0) is 21.7. The molecule has 1 aliphatic carbocycles. The van der Waals surface area contributed by atoms with Gasteiger partial charge in [0.15, 0.2) is 5.96 Å². The fourth-order valence-corrected chi connectivity index (χ4v) is 4.30. The zero-order valence-electron chi connectivity index (χ0n) is 19.6. The maximum Gasteiger partial charge on any atom is 0.191 e. The first kappa shape index (κ1) is 23.8. The molecule has 0 bridgehead atoms. The Labute approximate surface area is 188 Å². The molecule has 0 atom stereocenters. The molecule has 2 heterocycles. The lowest BCUT2D eigenvalue weighted by molar-refractivity contribution is 0.0277. The first-order valence-corrected chi connectivity index (χ1v) is 12.3. The van der Waals surface area contributed by atoms with Crippen molar-refractivity contribution >= 4 is 11.8 Å². The second-order valence-corrected chi connectivity index (χ2v) is 8.55. The number of anilines is 1. The summed E-state index contributed by atoms with van der Waals surface area (Å²) in [6.45, 7) is 13.0. The van der Waals surface area contributed by atoms with Gasteiger partial charge in [0.05, 0.1) is 12.6 Å². The molecule has 1 aromatic rings. The van der Waals surface area contributed by atoms with Gasteiger partial charge < -0.3 is 25.2 Å². The van der Waals surface area contributed by atoms with Crippen LogP contribution in [0.25, 0.3) is 0 Å². The lowest BCUT2D eigenvalue weighted by Crippen LogP contribution is -2.46. The topological polar surface area (TPSA) is 65.0 Å². The van der Waals surface area contributed by atoms with E-state index >= 15 is 0 Å². The molecule has 2 aliphatic rings. The van der Waals surface area contributed by atoms with Gasteiger partial charge in [-0.3, -0.25) is 0 Å². The Morgan fingerprint density at radius 1 is 1.13 bits per heavy atom. The third-order valence-electron chi connectivity index (χ3n) is 6.24. The zero-order valence-corrected chi connectivity index (χ0v) is 19.6. The van der Waals surface area contributed by atoms with Crippen LogP contribution < -0.4 is 15.5 Å². The van der Waals surface area contributed by atoms with Crippen LogP contribution in [0.2, 0.25) is 0 Å². The third-order valence-corrected chi connectivity index (χ3v) is 6.24. The average Bonchev–Trinajstić information content (AvgIpc) is 2.83. The van der Waals surface area contributed by atoms with Crippen LogP contribution in [0.3, 0.4) is 0 Å². The first-order chi connectivity index (χ1) is 15.3. The monoisotopic (exact) mass is 430 g/mol. The van der Waals surface area contributed by atoms with Gasteiger partial charge >= 0.3 is 0 Å². The van der Waals surface area contributed by atoms with E-state index in [9.17, 15) is 0 Å². The van der Waals surface area contributed by atoms with Crippen LogP contribution in [0.1, 0.15) is 57.9 Å². The van der Waals surface area contributed by atoms with Gasteiger partial charge in [-0.25, -0.2) is 9.98 Å². The molecule has 1 aliphatic heterocycles. The second kappa shape index (κ2) is 13.5. The summed E-state index contributed by atoms with van der Waals surface area (Å²) in [6, 6.07) is 4.25. The molecule has 7 nitrogen and oxygen atoms in total. The lowest BCUT2D eigenvalue weighted by Gasteiger charge is -2.34. The van der Waals surface area contributed by atoms with Crippen molar-refractivity contribution in [3.05, 3.63) is 23.9 Å². The van der Waals surface area contributed by atoms with Crippen LogP contribution in [-0.4, -0.2) is 74.4 Å². The Kier molecular flexibility index (Phi) is 10.4. The molecule has 7 heteroatoms. The predicted octanol–water partition coefficient (Wildman–Crippen LogP) is 3.02. The van der Waals surface area contributed by atoms with Crippen molar-refractivity contribution in [1.82, 2.24) is 20.5 Å². The Hall–Kier alpha value is -1.86. The molecule has 0 unspecified atom stereocenters. The highest BCUT2D eigenvalue weighted by atomic mass is 16.5. The molecule has 3 rings (SSSR count). The van der Waals surface area contributed by atoms with E-state index in [1.165, 1.54) is 37.7 Å². The van der Waals surface area contributed by atoms with E-state index in [0.29, 0.717) is 12.6 Å². The molecule has 1 aromatic heterocycles. The molecule has 0 spiro atoms. The molecule has 31 heavy (non-hydrogen) atoms. The highest BCUT2D eigenvalue weighted by Gasteiger charge is 2.17. The summed E-state index contributed by atoms with van der Waals surface area (Å²) in [7, 11) is 0. The van der Waals surface area contributed by atoms with Gasteiger partial charge in [-0.05, 0) is 50.4 Å². The van der Waals surface area contributed by atoms with Crippen LogP contribution in [0.4, 0.5) is 5.82 Å². The van der Waals surface area contributed by atoms with Gasteiger partial charge in [-0.15, -0.1) is 0 Å². The molecule has 0 aromatic carbocycles. The van der Waals surface area contributed by atoms with Crippen LogP contribution in [0, 0.1) is 0 Å². The summed E-state index contributed by atoms with van der Waals surface area (Å²) in [5.41, 5.74) is 1.20. The van der Waals surface area contributed by atoms with E-state index in [-0.39, 0.29) is 0 Å². The molecular weight excluding hydrogens is 388 g/mol. The third kappa shape index (κ3) is 8.30. The van der Waals surface area contributed by atoms with E-state index in [1.807, 2.05) is 6.20 Å². The fourth-order valence-electron chi connectivity index (χ4n) is 4.30. The normalized spacial score (nSPS) is 18.9. The first-order valence-electron chi connectivity index (χ1n) is 12.3. The lowest BCUT2D eigenvalue weighted by atomic mass is 9.98. The quantitative estimate of drug-likeness (QED) is 0.338. The molecular formula is C24H42N6O. The van der Waals surface area contributed by atoms with Gasteiger partial charge in [0, 0.05) is 52.1 Å². The number of pyridine rings is 1. The van der Waals surface area contributed by atoms with Gasteiger partial charge in [0.1, 0.15) is 5.82 Å². The van der Waals surface area contributed by atoms with E-state index in [0.717, 1.165) is 70.6 Å². The van der Waals surface area contributed by atoms with Gasteiger partial charge in [-0.1, -0.05) is 26.2 Å². The van der Waals surface area contributed by atoms with Crippen molar-refractivity contribution in [1.29, 1.82) is 0 Å². The summed E-state index contributed by atoms with van der Waals surface area (Å²) in [5, 5.41) is 6.79. The Morgan fingerprint density at radius 2 is 1.94 bits per heavy atom. The number of hydrogen-bond acceptors (Lipinski definition) is 5.